The molecule has 3 rings (SSSR count). The minimum absolute atomic E-state index is 0.0828. The number of hydrogen-bond donors (Lipinski definition) is 1. The van der Waals surface area contributed by atoms with Crippen LogP contribution in [0.3, 0.4) is 0 Å². The van der Waals surface area contributed by atoms with E-state index in [4.69, 9.17) is 4.74 Å². The zero-order valence-electron chi connectivity index (χ0n) is 17.0. The number of aromatic nitrogens is 2. The highest BCUT2D eigenvalue weighted by Crippen LogP contribution is 2.30. The fourth-order valence-electron chi connectivity index (χ4n) is 3.13. The van der Waals surface area contributed by atoms with E-state index in [-0.39, 0.29) is 12.2 Å². The van der Waals surface area contributed by atoms with Crippen LogP contribution in [0.1, 0.15) is 17.5 Å². The maximum atomic E-state index is 13.0. The molecule has 9 heteroatoms. The van der Waals surface area contributed by atoms with Crippen LogP contribution >= 0.6 is 0 Å². The molecule has 0 bridgehead atoms. The summed E-state index contributed by atoms with van der Waals surface area (Å²) in [5.41, 5.74) is 0.0629. The first-order valence-electron chi connectivity index (χ1n) is 9.67. The first-order valence-corrected chi connectivity index (χ1v) is 9.67. The second-order valence-corrected chi connectivity index (χ2v) is 6.90. The van der Waals surface area contributed by atoms with Crippen LogP contribution in [0.15, 0.2) is 67.3 Å². The molecule has 164 valence electrons. The number of alkyl halides is 3. The van der Waals surface area contributed by atoms with E-state index in [0.29, 0.717) is 25.3 Å². The van der Waals surface area contributed by atoms with Crippen LogP contribution < -0.4 is 10.1 Å². The van der Waals surface area contributed by atoms with Crippen molar-refractivity contribution in [2.45, 2.75) is 25.7 Å². The van der Waals surface area contributed by atoms with E-state index < -0.39 is 17.8 Å². The Labute approximate surface area is 178 Å². The fourth-order valence-corrected chi connectivity index (χ4v) is 3.13. The molecular weight excluding hydrogens is 409 g/mol. The summed E-state index contributed by atoms with van der Waals surface area (Å²) in [6, 6.07) is 11.4. The number of amides is 2. The third kappa shape index (κ3) is 6.24. The molecule has 0 saturated carbocycles. The summed E-state index contributed by atoms with van der Waals surface area (Å²) in [5, 5.41) is 2.58. The molecule has 0 atom stereocenters. The second-order valence-electron chi connectivity index (χ2n) is 6.90. The van der Waals surface area contributed by atoms with Crippen LogP contribution in [-0.4, -0.2) is 34.1 Å². The number of nitrogens with zero attached hydrogens (tertiary/aromatic N) is 3. The molecule has 1 aromatic heterocycles. The molecule has 0 spiro atoms. The van der Waals surface area contributed by atoms with Crippen molar-refractivity contribution in [2.24, 2.45) is 0 Å². The van der Waals surface area contributed by atoms with Crippen LogP contribution in [0.25, 0.3) is 0 Å². The third-order valence-corrected chi connectivity index (χ3v) is 4.69. The smallest absolute Gasteiger partial charge is 0.416 e. The molecule has 31 heavy (non-hydrogen) atoms. The molecule has 6 nitrogen and oxygen atoms in total. The molecule has 1 heterocycles. The number of nitrogens with one attached hydrogen (secondary N) is 1. The maximum absolute atomic E-state index is 13.0. The summed E-state index contributed by atoms with van der Waals surface area (Å²) in [6.07, 6.45) is 1.34. The van der Waals surface area contributed by atoms with Crippen LogP contribution in [0.5, 0.6) is 5.75 Å². The van der Waals surface area contributed by atoms with Gasteiger partial charge in [0, 0.05) is 36.7 Å². The average molecular weight is 432 g/mol. The lowest BCUT2D eigenvalue weighted by Crippen LogP contribution is -2.35. The van der Waals surface area contributed by atoms with E-state index in [1.165, 1.54) is 12.1 Å². The topological polar surface area (TPSA) is 59.4 Å². The van der Waals surface area contributed by atoms with Crippen LogP contribution in [0.4, 0.5) is 23.7 Å². The molecule has 2 amide bonds. The fraction of sp³-hybridized carbons (Fsp3) is 0.273. The standard InChI is InChI=1S/C22H23F3N4O2/c1-31-20-9-3-2-6-17(20)15-29(12-5-11-28-13-10-26-16-28)21(30)27-19-8-4-7-18(14-19)22(23,24)25/h2-4,6-10,13-14,16H,5,11-12,15H2,1H3,(H,27,30). The van der Waals surface area contributed by atoms with Crippen molar-refractivity contribution >= 4 is 11.7 Å². The molecule has 0 saturated heterocycles. The number of imidazole rings is 1. The lowest BCUT2D eigenvalue weighted by Gasteiger charge is -2.24. The third-order valence-electron chi connectivity index (χ3n) is 4.69. The largest absolute Gasteiger partial charge is 0.496 e. The predicted molar refractivity (Wildman–Crippen MR) is 111 cm³/mol. The predicted octanol–water partition coefficient (Wildman–Crippen LogP) is 5.03. The summed E-state index contributed by atoms with van der Waals surface area (Å²) < 4.78 is 46.2. The summed E-state index contributed by atoms with van der Waals surface area (Å²) in [4.78, 5) is 18.5. The summed E-state index contributed by atoms with van der Waals surface area (Å²) in [6.45, 7) is 1.29. The zero-order valence-corrected chi connectivity index (χ0v) is 17.0. The number of benzene rings is 2. The molecule has 1 N–H and O–H groups in total. The molecule has 0 unspecified atom stereocenters. The Morgan fingerprint density at radius 3 is 2.71 bits per heavy atom. The number of urea groups is 1. The number of aryl methyl sites for hydroxylation is 1. The first kappa shape index (κ1) is 22.2. The van der Waals surface area contributed by atoms with E-state index in [1.807, 2.05) is 29.0 Å². The minimum Gasteiger partial charge on any atom is -0.496 e. The van der Waals surface area contributed by atoms with E-state index >= 15 is 0 Å². The zero-order chi connectivity index (χ0) is 22.3. The van der Waals surface area contributed by atoms with Crippen molar-refractivity contribution in [3.8, 4) is 5.75 Å². The Balaban J connectivity index is 1.74. The van der Waals surface area contributed by atoms with Gasteiger partial charge in [0.25, 0.3) is 0 Å². The van der Waals surface area contributed by atoms with Gasteiger partial charge in [-0.1, -0.05) is 24.3 Å². The average Bonchev–Trinajstić information content (AvgIpc) is 3.26. The number of halogens is 3. The van der Waals surface area contributed by atoms with E-state index in [1.54, 1.807) is 30.6 Å². The summed E-state index contributed by atoms with van der Waals surface area (Å²) >= 11 is 0. The van der Waals surface area contributed by atoms with Crippen LogP contribution in [-0.2, 0) is 19.3 Å². The Morgan fingerprint density at radius 1 is 1.19 bits per heavy atom. The van der Waals surface area contributed by atoms with Crippen LogP contribution in [0.2, 0.25) is 0 Å². The minimum atomic E-state index is -4.48. The second kappa shape index (κ2) is 10.0. The SMILES string of the molecule is COc1ccccc1CN(CCCn1ccnc1)C(=O)Nc1cccc(C(F)(F)F)c1. The number of carbonyl (C=O) groups excluding carboxylic acids is 1. The summed E-state index contributed by atoms with van der Waals surface area (Å²) in [7, 11) is 1.55. The Kier molecular flexibility index (Phi) is 7.17. The van der Waals surface area contributed by atoms with E-state index in [9.17, 15) is 18.0 Å². The highest BCUT2D eigenvalue weighted by molar-refractivity contribution is 5.89. The van der Waals surface area contributed by atoms with Gasteiger partial charge in [-0.2, -0.15) is 13.2 Å². The van der Waals surface area contributed by atoms with Crippen molar-refractivity contribution in [2.75, 3.05) is 19.0 Å². The van der Waals surface area contributed by atoms with Crippen molar-refractivity contribution in [3.63, 3.8) is 0 Å². The van der Waals surface area contributed by atoms with Crippen molar-refractivity contribution in [1.29, 1.82) is 0 Å². The molecule has 3 aromatic rings. The van der Waals surface area contributed by atoms with Crippen molar-refractivity contribution in [3.05, 3.63) is 78.4 Å². The van der Waals surface area contributed by atoms with Gasteiger partial charge in [0.1, 0.15) is 5.75 Å². The first-order chi connectivity index (χ1) is 14.9. The van der Waals surface area contributed by atoms with Crippen molar-refractivity contribution in [1.82, 2.24) is 14.5 Å². The molecule has 0 aliphatic rings. The number of rotatable bonds is 8. The van der Waals surface area contributed by atoms with Gasteiger partial charge in [0.15, 0.2) is 0 Å². The van der Waals surface area contributed by atoms with Gasteiger partial charge in [-0.15, -0.1) is 0 Å². The Hall–Kier alpha value is -3.49. The maximum Gasteiger partial charge on any atom is 0.416 e. The van der Waals surface area contributed by atoms with Gasteiger partial charge >= 0.3 is 12.2 Å². The molecule has 0 radical (unpaired) electrons. The number of para-hydroxylation sites is 1. The van der Waals surface area contributed by atoms with E-state index in [2.05, 4.69) is 10.3 Å². The monoisotopic (exact) mass is 432 g/mol. The van der Waals surface area contributed by atoms with Crippen LogP contribution in [0, 0.1) is 0 Å². The highest BCUT2D eigenvalue weighted by Gasteiger charge is 2.30. The van der Waals surface area contributed by atoms with Gasteiger partial charge in [-0.3, -0.25) is 0 Å². The van der Waals surface area contributed by atoms with Gasteiger partial charge in [-0.25, -0.2) is 9.78 Å². The number of methoxy groups -OCH3 is 1. The molecule has 0 aliphatic heterocycles. The molecule has 0 aliphatic carbocycles. The lowest BCUT2D eigenvalue weighted by atomic mass is 10.2. The number of hydrogen-bond acceptors (Lipinski definition) is 3. The Bertz CT molecular complexity index is 990. The molecule has 2 aromatic carbocycles. The van der Waals surface area contributed by atoms with Gasteiger partial charge in [-0.05, 0) is 30.7 Å². The lowest BCUT2D eigenvalue weighted by molar-refractivity contribution is -0.137. The van der Waals surface area contributed by atoms with Gasteiger partial charge in [0.2, 0.25) is 0 Å². The highest BCUT2D eigenvalue weighted by atomic mass is 19.4. The number of ether oxygens (including phenoxy) is 1. The van der Waals surface area contributed by atoms with Gasteiger partial charge < -0.3 is 19.5 Å². The van der Waals surface area contributed by atoms with Gasteiger partial charge in [0.05, 0.1) is 25.5 Å². The Morgan fingerprint density at radius 2 is 2.00 bits per heavy atom. The van der Waals surface area contributed by atoms with Crippen molar-refractivity contribution < 1.29 is 22.7 Å². The number of anilines is 1. The quantitative estimate of drug-likeness (QED) is 0.543. The normalized spacial score (nSPS) is 11.2. The summed E-state index contributed by atoms with van der Waals surface area (Å²) in [5.74, 6) is 0.633. The number of carbonyl (C=O) groups is 1. The molecular formula is C22H23F3N4O2. The molecule has 0 fully saturated rings. The van der Waals surface area contributed by atoms with E-state index in [0.717, 1.165) is 17.7 Å².